The number of nitrogens with two attached hydrogens (primary N) is 1. The number of aliphatic carboxylic acids is 1. The molecule has 12 nitrogen and oxygen atoms in total. The number of nitrogens with zero attached hydrogens (tertiary/aromatic N) is 1. The van der Waals surface area contributed by atoms with E-state index in [0.717, 1.165) is 22.4 Å². The summed E-state index contributed by atoms with van der Waals surface area (Å²) in [5.74, 6) is -0.437. The van der Waals surface area contributed by atoms with Crippen LogP contribution in [0, 0.1) is 20.8 Å². The number of nitrogens with one attached hydrogen (secondary N) is 3. The summed E-state index contributed by atoms with van der Waals surface area (Å²) in [4.78, 5) is 30.1. The smallest absolute Gasteiger partial charge is 0.408 e. The third-order valence-electron chi connectivity index (χ3n) is 8.14. The molecule has 46 heavy (non-hydrogen) atoms. The number of carbonyl (C=O) groups is 2. The van der Waals surface area contributed by atoms with Crippen LogP contribution in [0.2, 0.25) is 0 Å². The first-order valence-electron chi connectivity index (χ1n) is 15.7. The lowest BCUT2D eigenvalue weighted by Crippen LogP contribution is -2.41. The van der Waals surface area contributed by atoms with Gasteiger partial charge in [-0.25, -0.2) is 18.0 Å². The predicted octanol–water partition coefficient (Wildman–Crippen LogP) is 4.57. The molecule has 13 heteroatoms. The van der Waals surface area contributed by atoms with Crippen molar-refractivity contribution in [3.05, 3.63) is 58.1 Å². The van der Waals surface area contributed by atoms with E-state index < -0.39 is 33.7 Å². The number of hydrogen-bond acceptors (Lipinski definition) is 8. The normalized spacial score (nSPS) is 16.5. The van der Waals surface area contributed by atoms with Gasteiger partial charge in [0.2, 0.25) is 0 Å². The molecule has 2 aromatic carbocycles. The van der Waals surface area contributed by atoms with E-state index in [2.05, 4.69) is 20.6 Å². The summed E-state index contributed by atoms with van der Waals surface area (Å²) in [6.45, 7) is 9.57. The second kappa shape index (κ2) is 16.8. The summed E-state index contributed by atoms with van der Waals surface area (Å²) >= 11 is 0. The fraction of sp³-hybridized carbons (Fsp3) is 0.545. The Morgan fingerprint density at radius 2 is 1.78 bits per heavy atom. The Morgan fingerprint density at radius 1 is 1.11 bits per heavy atom. The zero-order valence-corrected chi connectivity index (χ0v) is 28.3. The van der Waals surface area contributed by atoms with Crippen molar-refractivity contribution in [3.63, 3.8) is 0 Å². The SMILES string of the molecule is Cc1c(C)c(S(=O)(=O)NNC=NCCCC(NC(=O)OCc2ccccc2)C(=O)O)c(C)c2c1OC(C)(C)C2.NC1CCCCC1. The number of carbonyl (C=O) groups excluding carboxylic acids is 1. The molecule has 2 aromatic rings. The largest absolute Gasteiger partial charge is 0.487 e. The van der Waals surface area contributed by atoms with Gasteiger partial charge >= 0.3 is 12.1 Å². The van der Waals surface area contributed by atoms with Crippen molar-refractivity contribution < 1.29 is 32.6 Å². The maximum Gasteiger partial charge on any atom is 0.408 e. The average molecular weight is 660 g/mol. The lowest BCUT2D eigenvalue weighted by atomic mass is 9.94. The first-order valence-corrected chi connectivity index (χ1v) is 17.2. The number of carboxylic acids is 1. The summed E-state index contributed by atoms with van der Waals surface area (Å²) in [5, 5.41) is 11.7. The van der Waals surface area contributed by atoms with Gasteiger partial charge in [-0.15, -0.1) is 4.83 Å². The third kappa shape index (κ3) is 10.7. The van der Waals surface area contributed by atoms with Gasteiger partial charge in [0.25, 0.3) is 10.0 Å². The van der Waals surface area contributed by atoms with Crippen molar-refractivity contribution in [2.45, 2.75) is 115 Å². The number of aliphatic imine (C=N–C) groups is 1. The van der Waals surface area contributed by atoms with E-state index in [1.54, 1.807) is 26.0 Å². The topological polar surface area (TPSA) is 181 Å². The molecule has 1 aliphatic heterocycles. The molecule has 0 saturated heterocycles. The molecule has 1 unspecified atom stereocenters. The van der Waals surface area contributed by atoms with Crippen LogP contribution in [-0.2, 0) is 32.6 Å². The van der Waals surface area contributed by atoms with E-state index >= 15 is 0 Å². The van der Waals surface area contributed by atoms with Crippen molar-refractivity contribution in [3.8, 4) is 5.75 Å². The lowest BCUT2D eigenvalue weighted by molar-refractivity contribution is -0.139. The lowest BCUT2D eigenvalue weighted by Gasteiger charge is -2.19. The number of fused-ring (bicyclic) bond motifs is 1. The Kier molecular flexibility index (Phi) is 13.4. The van der Waals surface area contributed by atoms with Gasteiger partial charge in [0.1, 0.15) is 24.0 Å². The molecule has 6 N–H and O–H groups in total. The summed E-state index contributed by atoms with van der Waals surface area (Å²) in [7, 11) is -3.91. The molecule has 1 fully saturated rings. The molecule has 1 atom stereocenters. The van der Waals surface area contributed by atoms with Crippen molar-refractivity contribution >= 4 is 28.4 Å². The minimum Gasteiger partial charge on any atom is -0.487 e. The van der Waals surface area contributed by atoms with Gasteiger partial charge in [0.05, 0.1) is 11.2 Å². The fourth-order valence-corrected chi connectivity index (χ4v) is 6.99. The minimum atomic E-state index is -3.91. The van der Waals surface area contributed by atoms with Crippen molar-refractivity contribution in [2.24, 2.45) is 10.7 Å². The zero-order valence-electron chi connectivity index (χ0n) is 27.5. The number of amides is 1. The van der Waals surface area contributed by atoms with E-state index in [1.165, 1.54) is 38.4 Å². The average Bonchev–Trinajstić information content (AvgIpc) is 3.34. The molecule has 1 aliphatic carbocycles. The number of benzene rings is 2. The van der Waals surface area contributed by atoms with Crippen molar-refractivity contribution in [2.75, 3.05) is 6.54 Å². The van der Waals surface area contributed by atoms with Crippen LogP contribution >= 0.6 is 0 Å². The summed E-state index contributed by atoms with van der Waals surface area (Å²) in [6.07, 6.45) is 8.10. The molecule has 1 heterocycles. The molecule has 2 aliphatic rings. The molecular formula is C33H49N5O7S. The van der Waals surface area contributed by atoms with Crippen LogP contribution < -0.4 is 26.0 Å². The minimum absolute atomic E-state index is 0.0285. The van der Waals surface area contributed by atoms with Crippen molar-refractivity contribution in [1.82, 2.24) is 15.6 Å². The van der Waals surface area contributed by atoms with Crippen LogP contribution in [-0.4, -0.2) is 56.2 Å². The molecule has 0 bridgehead atoms. The molecule has 0 spiro atoms. The molecule has 1 saturated carbocycles. The highest BCUT2D eigenvalue weighted by Crippen LogP contribution is 2.43. The van der Waals surface area contributed by atoms with Crippen LogP contribution in [0.4, 0.5) is 4.79 Å². The van der Waals surface area contributed by atoms with Crippen LogP contribution in [0.5, 0.6) is 5.75 Å². The summed E-state index contributed by atoms with van der Waals surface area (Å²) in [6, 6.07) is 8.43. The van der Waals surface area contributed by atoms with Crippen LogP contribution in [0.1, 0.15) is 86.6 Å². The number of alkyl carbamates (subject to hydrolysis) is 1. The second-order valence-electron chi connectivity index (χ2n) is 12.5. The monoisotopic (exact) mass is 659 g/mol. The van der Waals surface area contributed by atoms with Gasteiger partial charge in [0, 0.05) is 24.6 Å². The molecule has 4 rings (SSSR count). The number of rotatable bonds is 12. The Bertz CT molecular complexity index is 1470. The highest BCUT2D eigenvalue weighted by atomic mass is 32.2. The molecule has 1 amide bonds. The zero-order chi connectivity index (χ0) is 33.9. The van der Waals surface area contributed by atoms with E-state index in [1.807, 2.05) is 39.0 Å². The maximum absolute atomic E-state index is 13.1. The number of hydrogen-bond donors (Lipinski definition) is 5. The Hall–Kier alpha value is -3.68. The first kappa shape index (κ1) is 36.8. The molecule has 0 aromatic heterocycles. The van der Waals surface area contributed by atoms with Gasteiger partial charge in [-0.1, -0.05) is 49.6 Å². The van der Waals surface area contributed by atoms with Crippen molar-refractivity contribution in [1.29, 1.82) is 0 Å². The van der Waals surface area contributed by atoms with Gasteiger partial charge in [0.15, 0.2) is 0 Å². The fourth-order valence-electron chi connectivity index (χ4n) is 5.60. The summed E-state index contributed by atoms with van der Waals surface area (Å²) < 4.78 is 37.3. The number of carboxylic acid groups (broad SMARTS) is 1. The highest BCUT2D eigenvalue weighted by molar-refractivity contribution is 7.89. The van der Waals surface area contributed by atoms with E-state index in [4.69, 9.17) is 15.2 Å². The second-order valence-corrected chi connectivity index (χ2v) is 14.1. The van der Waals surface area contributed by atoms with Crippen LogP contribution in [0.3, 0.4) is 0 Å². The number of sulfonamides is 1. The van der Waals surface area contributed by atoms with Gasteiger partial charge in [-0.3, -0.25) is 10.4 Å². The van der Waals surface area contributed by atoms with Gasteiger partial charge < -0.3 is 25.6 Å². The van der Waals surface area contributed by atoms with Crippen LogP contribution in [0.25, 0.3) is 0 Å². The number of ether oxygens (including phenoxy) is 2. The quantitative estimate of drug-likeness (QED) is 0.0943. The van der Waals surface area contributed by atoms with Crippen LogP contribution in [0.15, 0.2) is 40.2 Å². The first-order chi connectivity index (χ1) is 21.7. The molecular weight excluding hydrogens is 610 g/mol. The van der Waals surface area contributed by atoms with E-state index in [9.17, 15) is 23.1 Å². The van der Waals surface area contributed by atoms with Gasteiger partial charge in [-0.05, 0) is 82.6 Å². The Morgan fingerprint density at radius 3 is 2.39 bits per heavy atom. The van der Waals surface area contributed by atoms with Gasteiger partial charge in [-0.2, -0.15) is 0 Å². The third-order valence-corrected chi connectivity index (χ3v) is 9.68. The van der Waals surface area contributed by atoms with E-state index in [0.29, 0.717) is 30.0 Å². The summed E-state index contributed by atoms with van der Waals surface area (Å²) in [5.41, 5.74) is 11.5. The standard InChI is InChI=1S/C27H36N4O7S.C6H13N/c1-17-18(2)24(19(3)21-14-27(4,5)38-23(17)21)39(35,36)31-29-16-28-13-9-12-22(25(32)33)30-26(34)37-15-20-10-7-6-8-11-20;7-6-4-2-1-3-5-6/h6-8,10-11,16,22,31H,9,12-15H2,1-5H3,(H,28,29)(H,30,34)(H,32,33);6H,1-5,7H2. The predicted molar refractivity (Wildman–Crippen MR) is 177 cm³/mol. The Labute approximate surface area is 272 Å². The van der Waals surface area contributed by atoms with E-state index in [-0.39, 0.29) is 24.5 Å². The highest BCUT2D eigenvalue weighted by Gasteiger charge is 2.36. The Balaban J connectivity index is 0.000000724. The molecule has 0 radical (unpaired) electrons. The maximum atomic E-state index is 13.1. The molecule has 254 valence electrons. The number of hydrazine groups is 1.